The van der Waals surface area contributed by atoms with Crippen LogP contribution in [0, 0.1) is 13.8 Å². The van der Waals surface area contributed by atoms with E-state index in [1.807, 2.05) is 5.38 Å². The zero-order valence-corrected chi connectivity index (χ0v) is 14.1. The van der Waals surface area contributed by atoms with E-state index >= 15 is 0 Å². The SMILES string of the molecule is CCCN(CCC(=O)O)c1nc(-c2ccc(C)c(C)c2)cs1. The first kappa shape index (κ1) is 16.5. The van der Waals surface area contributed by atoms with E-state index in [-0.39, 0.29) is 6.42 Å². The molecule has 0 radical (unpaired) electrons. The van der Waals surface area contributed by atoms with Gasteiger partial charge in [0.2, 0.25) is 0 Å². The lowest BCUT2D eigenvalue weighted by molar-refractivity contribution is -0.136. The van der Waals surface area contributed by atoms with Crippen molar-refractivity contribution in [3.05, 3.63) is 34.7 Å². The zero-order valence-electron chi connectivity index (χ0n) is 13.3. The van der Waals surface area contributed by atoms with Gasteiger partial charge in [-0.15, -0.1) is 11.3 Å². The number of anilines is 1. The van der Waals surface area contributed by atoms with Gasteiger partial charge in [0, 0.05) is 24.0 Å². The Morgan fingerprint density at radius 1 is 1.27 bits per heavy atom. The second kappa shape index (κ2) is 7.40. The van der Waals surface area contributed by atoms with Gasteiger partial charge in [-0.05, 0) is 37.5 Å². The number of carboxylic acid groups (broad SMARTS) is 1. The van der Waals surface area contributed by atoms with Crippen LogP contribution in [0.2, 0.25) is 0 Å². The van der Waals surface area contributed by atoms with E-state index in [4.69, 9.17) is 10.1 Å². The molecule has 1 heterocycles. The van der Waals surface area contributed by atoms with Crippen molar-refractivity contribution in [3.8, 4) is 11.3 Å². The van der Waals surface area contributed by atoms with Crippen molar-refractivity contribution in [1.29, 1.82) is 0 Å². The van der Waals surface area contributed by atoms with Crippen LogP contribution >= 0.6 is 11.3 Å². The maximum absolute atomic E-state index is 10.8. The summed E-state index contributed by atoms with van der Waals surface area (Å²) in [5.41, 5.74) is 4.59. The molecular weight excluding hydrogens is 296 g/mol. The van der Waals surface area contributed by atoms with Crippen LogP contribution in [-0.4, -0.2) is 29.1 Å². The quantitative estimate of drug-likeness (QED) is 0.834. The molecule has 0 aliphatic rings. The van der Waals surface area contributed by atoms with Gasteiger partial charge in [-0.2, -0.15) is 0 Å². The van der Waals surface area contributed by atoms with Crippen molar-refractivity contribution in [2.75, 3.05) is 18.0 Å². The molecule has 0 spiro atoms. The Bertz CT molecular complexity index is 652. The summed E-state index contributed by atoms with van der Waals surface area (Å²) in [6.07, 6.45) is 1.11. The third kappa shape index (κ3) is 4.07. The molecule has 0 aliphatic heterocycles. The number of aryl methyl sites for hydroxylation is 2. The molecule has 118 valence electrons. The first-order chi connectivity index (χ1) is 10.5. The van der Waals surface area contributed by atoms with Crippen LogP contribution in [0.25, 0.3) is 11.3 Å². The van der Waals surface area contributed by atoms with Gasteiger partial charge in [-0.1, -0.05) is 19.1 Å². The predicted octanol–water partition coefficient (Wildman–Crippen LogP) is 4.12. The van der Waals surface area contributed by atoms with Crippen molar-refractivity contribution in [1.82, 2.24) is 4.98 Å². The van der Waals surface area contributed by atoms with Gasteiger partial charge in [-0.25, -0.2) is 4.98 Å². The Balaban J connectivity index is 2.20. The number of hydrogen-bond donors (Lipinski definition) is 1. The maximum atomic E-state index is 10.8. The van der Waals surface area contributed by atoms with E-state index in [0.717, 1.165) is 29.4 Å². The molecule has 1 aromatic heterocycles. The molecule has 0 saturated heterocycles. The first-order valence-corrected chi connectivity index (χ1v) is 8.39. The van der Waals surface area contributed by atoms with Crippen molar-refractivity contribution < 1.29 is 9.90 Å². The number of carbonyl (C=O) groups is 1. The third-order valence-corrected chi connectivity index (χ3v) is 4.56. The second-order valence-corrected chi connectivity index (χ2v) is 6.28. The highest BCUT2D eigenvalue weighted by molar-refractivity contribution is 7.14. The van der Waals surface area contributed by atoms with E-state index < -0.39 is 5.97 Å². The molecule has 0 atom stereocenters. The van der Waals surface area contributed by atoms with Gasteiger partial charge in [0.25, 0.3) is 0 Å². The molecule has 0 fully saturated rings. The molecule has 0 unspecified atom stereocenters. The number of aromatic nitrogens is 1. The zero-order chi connectivity index (χ0) is 16.1. The summed E-state index contributed by atoms with van der Waals surface area (Å²) >= 11 is 1.58. The standard InChI is InChI=1S/C17H22N2O2S/c1-4-8-19(9-7-16(20)21)17-18-15(11-22-17)14-6-5-12(2)13(3)10-14/h5-6,10-11H,4,7-9H2,1-3H3,(H,20,21). The number of aliphatic carboxylic acids is 1. The highest BCUT2D eigenvalue weighted by Gasteiger charge is 2.13. The number of thiazole rings is 1. The van der Waals surface area contributed by atoms with Gasteiger partial charge in [0.05, 0.1) is 12.1 Å². The summed E-state index contributed by atoms with van der Waals surface area (Å²) in [5, 5.41) is 11.8. The third-order valence-electron chi connectivity index (χ3n) is 3.65. The second-order valence-electron chi connectivity index (χ2n) is 5.45. The van der Waals surface area contributed by atoms with Gasteiger partial charge in [0.15, 0.2) is 5.13 Å². The van der Waals surface area contributed by atoms with Gasteiger partial charge in [-0.3, -0.25) is 4.79 Å². The molecule has 5 heteroatoms. The van der Waals surface area contributed by atoms with E-state index in [1.54, 1.807) is 11.3 Å². The van der Waals surface area contributed by atoms with Crippen molar-refractivity contribution in [3.63, 3.8) is 0 Å². The summed E-state index contributed by atoms with van der Waals surface area (Å²) in [6, 6.07) is 6.34. The molecular formula is C17H22N2O2S. The molecule has 4 nitrogen and oxygen atoms in total. The van der Waals surface area contributed by atoms with E-state index in [0.29, 0.717) is 6.54 Å². The van der Waals surface area contributed by atoms with Crippen LogP contribution in [0.5, 0.6) is 0 Å². The average molecular weight is 318 g/mol. The molecule has 0 aliphatic carbocycles. The van der Waals surface area contributed by atoms with Crippen molar-refractivity contribution >= 4 is 22.4 Å². The molecule has 0 saturated carbocycles. The van der Waals surface area contributed by atoms with Crippen LogP contribution in [0.1, 0.15) is 30.9 Å². The Labute approximate surface area is 135 Å². The molecule has 22 heavy (non-hydrogen) atoms. The molecule has 1 N–H and O–H groups in total. The Hall–Kier alpha value is -1.88. The normalized spacial score (nSPS) is 10.7. The Morgan fingerprint density at radius 2 is 2.05 bits per heavy atom. The fraction of sp³-hybridized carbons (Fsp3) is 0.412. The number of benzene rings is 1. The lowest BCUT2D eigenvalue weighted by atomic mass is 10.1. The lowest BCUT2D eigenvalue weighted by Gasteiger charge is -2.19. The molecule has 0 bridgehead atoms. The number of nitrogens with zero attached hydrogens (tertiary/aromatic N) is 2. The predicted molar refractivity (Wildman–Crippen MR) is 91.8 cm³/mol. The highest BCUT2D eigenvalue weighted by atomic mass is 32.1. The van der Waals surface area contributed by atoms with Crippen LogP contribution in [0.15, 0.2) is 23.6 Å². The molecule has 2 aromatic rings. The maximum Gasteiger partial charge on any atom is 0.305 e. The van der Waals surface area contributed by atoms with Crippen LogP contribution < -0.4 is 4.90 Å². The van der Waals surface area contributed by atoms with Gasteiger partial charge < -0.3 is 10.0 Å². The lowest BCUT2D eigenvalue weighted by Crippen LogP contribution is -2.26. The largest absolute Gasteiger partial charge is 0.481 e. The number of carboxylic acids is 1. The molecule has 1 aromatic carbocycles. The summed E-state index contributed by atoms with van der Waals surface area (Å²) < 4.78 is 0. The minimum Gasteiger partial charge on any atom is -0.481 e. The fourth-order valence-electron chi connectivity index (χ4n) is 2.25. The number of hydrogen-bond acceptors (Lipinski definition) is 4. The molecule has 0 amide bonds. The Morgan fingerprint density at radius 3 is 2.68 bits per heavy atom. The van der Waals surface area contributed by atoms with Gasteiger partial charge >= 0.3 is 5.97 Å². The number of rotatable bonds is 7. The summed E-state index contributed by atoms with van der Waals surface area (Å²) in [4.78, 5) is 17.6. The molecule has 2 rings (SSSR count). The monoisotopic (exact) mass is 318 g/mol. The first-order valence-electron chi connectivity index (χ1n) is 7.51. The highest BCUT2D eigenvalue weighted by Crippen LogP contribution is 2.28. The van der Waals surface area contributed by atoms with Crippen LogP contribution in [-0.2, 0) is 4.79 Å². The summed E-state index contributed by atoms with van der Waals surface area (Å²) in [6.45, 7) is 7.62. The average Bonchev–Trinajstić information content (AvgIpc) is 2.96. The minimum absolute atomic E-state index is 0.137. The van der Waals surface area contributed by atoms with E-state index in [1.165, 1.54) is 11.1 Å². The minimum atomic E-state index is -0.771. The van der Waals surface area contributed by atoms with E-state index in [2.05, 4.69) is 43.9 Å². The summed E-state index contributed by atoms with van der Waals surface area (Å²) in [7, 11) is 0. The topological polar surface area (TPSA) is 53.4 Å². The van der Waals surface area contributed by atoms with Crippen LogP contribution in [0.3, 0.4) is 0 Å². The fourth-order valence-corrected chi connectivity index (χ4v) is 3.13. The van der Waals surface area contributed by atoms with Gasteiger partial charge in [0.1, 0.15) is 0 Å². The van der Waals surface area contributed by atoms with E-state index in [9.17, 15) is 4.79 Å². The Kier molecular flexibility index (Phi) is 5.55. The van der Waals surface area contributed by atoms with Crippen molar-refractivity contribution in [2.45, 2.75) is 33.6 Å². The smallest absolute Gasteiger partial charge is 0.305 e. The van der Waals surface area contributed by atoms with Crippen molar-refractivity contribution in [2.24, 2.45) is 0 Å². The van der Waals surface area contributed by atoms with Crippen LogP contribution in [0.4, 0.5) is 5.13 Å². The summed E-state index contributed by atoms with van der Waals surface area (Å²) in [5.74, 6) is -0.771.